The Morgan fingerprint density at radius 1 is 1.21 bits per heavy atom. The quantitative estimate of drug-likeness (QED) is 0.785. The van der Waals surface area contributed by atoms with Gasteiger partial charge in [0.2, 0.25) is 5.91 Å². The Bertz CT molecular complexity index is 274. The summed E-state index contributed by atoms with van der Waals surface area (Å²) in [5, 5.41) is 4.91. The lowest BCUT2D eigenvalue weighted by Crippen LogP contribution is -2.43. The maximum Gasteiger partial charge on any atom is 0.401 e. The molecular weight excluding hydrogens is 257 g/mol. The molecule has 0 aromatic heterocycles. The van der Waals surface area contributed by atoms with Crippen molar-refractivity contribution in [3.05, 3.63) is 0 Å². The normalized spacial score (nSPS) is 24.2. The smallest absolute Gasteiger partial charge is 0.352 e. The second-order valence-corrected chi connectivity index (χ2v) is 5.29. The van der Waals surface area contributed by atoms with E-state index in [4.69, 9.17) is 0 Å². The summed E-state index contributed by atoms with van der Waals surface area (Å²) in [6.45, 7) is 0.776. The van der Waals surface area contributed by atoms with E-state index in [0.29, 0.717) is 0 Å². The minimum absolute atomic E-state index is 0.133. The Morgan fingerprint density at radius 2 is 1.84 bits per heavy atom. The van der Waals surface area contributed by atoms with Crippen LogP contribution in [-0.2, 0) is 4.79 Å². The van der Waals surface area contributed by atoms with Gasteiger partial charge in [-0.25, -0.2) is 0 Å². The second-order valence-electron chi connectivity index (χ2n) is 5.29. The van der Waals surface area contributed by atoms with Gasteiger partial charge >= 0.3 is 6.18 Å². The van der Waals surface area contributed by atoms with Crippen LogP contribution in [-0.4, -0.2) is 31.2 Å². The standard InChI is InChI=1S/C13H23F3N2O/c1-2-3-10-4-6-11(7-5-10)18-12(19)8-17-9-13(14,15)16/h10-11,17H,2-9H2,1H3,(H,18,19). The van der Waals surface area contributed by atoms with E-state index < -0.39 is 12.7 Å². The molecule has 19 heavy (non-hydrogen) atoms. The van der Waals surface area contributed by atoms with Gasteiger partial charge in [-0.3, -0.25) is 4.79 Å². The first kappa shape index (κ1) is 16.3. The average Bonchev–Trinajstić information content (AvgIpc) is 2.30. The molecule has 1 aliphatic carbocycles. The molecule has 0 heterocycles. The lowest BCUT2D eigenvalue weighted by atomic mass is 9.83. The predicted octanol–water partition coefficient (Wildman–Crippen LogP) is 2.61. The van der Waals surface area contributed by atoms with Crippen molar-refractivity contribution in [2.75, 3.05) is 13.1 Å². The van der Waals surface area contributed by atoms with Crippen LogP contribution in [0.1, 0.15) is 45.4 Å². The minimum Gasteiger partial charge on any atom is -0.352 e. The van der Waals surface area contributed by atoms with Gasteiger partial charge in [0.15, 0.2) is 0 Å². The number of alkyl halides is 3. The molecule has 2 N–H and O–H groups in total. The number of nitrogens with one attached hydrogen (secondary N) is 2. The summed E-state index contributed by atoms with van der Waals surface area (Å²) in [4.78, 5) is 11.5. The van der Waals surface area contributed by atoms with Gasteiger partial charge in [0.25, 0.3) is 0 Å². The highest BCUT2D eigenvalue weighted by atomic mass is 19.4. The largest absolute Gasteiger partial charge is 0.401 e. The van der Waals surface area contributed by atoms with Gasteiger partial charge < -0.3 is 10.6 Å². The summed E-state index contributed by atoms with van der Waals surface area (Å²) in [6, 6.07) is 0.133. The molecule has 1 aliphatic rings. The maximum atomic E-state index is 11.9. The molecule has 1 rings (SSSR count). The van der Waals surface area contributed by atoms with Gasteiger partial charge in [-0.1, -0.05) is 19.8 Å². The fourth-order valence-electron chi connectivity index (χ4n) is 2.60. The van der Waals surface area contributed by atoms with E-state index in [-0.39, 0.29) is 18.5 Å². The number of carbonyl (C=O) groups is 1. The molecular formula is C13H23F3N2O. The molecule has 0 unspecified atom stereocenters. The molecule has 0 radical (unpaired) electrons. The first-order chi connectivity index (χ1) is 8.90. The van der Waals surface area contributed by atoms with Crippen LogP contribution >= 0.6 is 0 Å². The molecule has 0 aromatic rings. The van der Waals surface area contributed by atoms with Crippen molar-refractivity contribution in [2.24, 2.45) is 5.92 Å². The molecule has 112 valence electrons. The van der Waals surface area contributed by atoms with E-state index in [0.717, 1.165) is 31.6 Å². The Labute approximate surface area is 112 Å². The van der Waals surface area contributed by atoms with Crippen LogP contribution in [0.2, 0.25) is 0 Å². The highest BCUT2D eigenvalue weighted by Crippen LogP contribution is 2.27. The second kappa shape index (κ2) is 7.72. The van der Waals surface area contributed by atoms with E-state index in [1.54, 1.807) is 0 Å². The number of rotatable bonds is 6. The van der Waals surface area contributed by atoms with Crippen LogP contribution in [0.25, 0.3) is 0 Å². The fraction of sp³-hybridized carbons (Fsp3) is 0.923. The zero-order valence-electron chi connectivity index (χ0n) is 11.4. The van der Waals surface area contributed by atoms with E-state index in [1.165, 1.54) is 12.8 Å². The molecule has 6 heteroatoms. The van der Waals surface area contributed by atoms with E-state index >= 15 is 0 Å². The van der Waals surface area contributed by atoms with Crippen molar-refractivity contribution < 1.29 is 18.0 Å². The number of halogens is 3. The average molecular weight is 280 g/mol. The summed E-state index contributed by atoms with van der Waals surface area (Å²) < 4.78 is 35.7. The van der Waals surface area contributed by atoms with E-state index in [2.05, 4.69) is 17.6 Å². The van der Waals surface area contributed by atoms with Crippen LogP contribution in [0.5, 0.6) is 0 Å². The predicted molar refractivity (Wildman–Crippen MR) is 67.7 cm³/mol. The number of amides is 1. The highest BCUT2D eigenvalue weighted by molar-refractivity contribution is 5.78. The van der Waals surface area contributed by atoms with Crippen molar-refractivity contribution in [3.8, 4) is 0 Å². The van der Waals surface area contributed by atoms with Gasteiger partial charge in [0.1, 0.15) is 0 Å². The van der Waals surface area contributed by atoms with Crippen molar-refractivity contribution in [1.29, 1.82) is 0 Å². The Morgan fingerprint density at radius 3 is 2.37 bits per heavy atom. The van der Waals surface area contributed by atoms with Crippen molar-refractivity contribution >= 4 is 5.91 Å². The van der Waals surface area contributed by atoms with Gasteiger partial charge in [-0.15, -0.1) is 0 Å². The molecule has 1 amide bonds. The fourth-order valence-corrected chi connectivity index (χ4v) is 2.60. The van der Waals surface area contributed by atoms with Crippen molar-refractivity contribution in [1.82, 2.24) is 10.6 Å². The molecule has 0 saturated heterocycles. The summed E-state index contributed by atoms with van der Waals surface area (Å²) in [6.07, 6.45) is 2.24. The van der Waals surface area contributed by atoms with E-state index in [9.17, 15) is 18.0 Å². The minimum atomic E-state index is -4.27. The molecule has 3 nitrogen and oxygen atoms in total. The SMILES string of the molecule is CCCC1CCC(NC(=O)CNCC(F)(F)F)CC1. The van der Waals surface area contributed by atoms with Crippen molar-refractivity contribution in [2.45, 2.75) is 57.7 Å². The first-order valence-electron chi connectivity index (χ1n) is 6.97. The Kier molecular flexibility index (Phi) is 6.62. The van der Waals surface area contributed by atoms with Gasteiger partial charge in [-0.05, 0) is 31.6 Å². The summed E-state index contributed by atoms with van der Waals surface area (Å²) in [7, 11) is 0. The molecule has 0 aliphatic heterocycles. The first-order valence-corrected chi connectivity index (χ1v) is 6.97. The number of hydrogen-bond donors (Lipinski definition) is 2. The highest BCUT2D eigenvalue weighted by Gasteiger charge is 2.27. The molecule has 1 saturated carbocycles. The Balaban J connectivity index is 2.13. The summed E-state index contributed by atoms with van der Waals surface area (Å²) in [5.41, 5.74) is 0. The zero-order chi connectivity index (χ0) is 14.3. The summed E-state index contributed by atoms with van der Waals surface area (Å²) >= 11 is 0. The van der Waals surface area contributed by atoms with Crippen LogP contribution < -0.4 is 10.6 Å². The molecule has 1 fully saturated rings. The van der Waals surface area contributed by atoms with Crippen LogP contribution in [0.3, 0.4) is 0 Å². The van der Waals surface area contributed by atoms with Crippen LogP contribution in [0.15, 0.2) is 0 Å². The Hall–Kier alpha value is -0.780. The number of carbonyl (C=O) groups excluding carboxylic acids is 1. The van der Waals surface area contributed by atoms with Crippen LogP contribution in [0.4, 0.5) is 13.2 Å². The third-order valence-electron chi connectivity index (χ3n) is 3.52. The van der Waals surface area contributed by atoms with Gasteiger partial charge in [-0.2, -0.15) is 13.2 Å². The third kappa shape index (κ3) is 7.40. The molecule has 0 bridgehead atoms. The van der Waals surface area contributed by atoms with Crippen LogP contribution in [0, 0.1) is 5.92 Å². The van der Waals surface area contributed by atoms with E-state index in [1.807, 2.05) is 0 Å². The molecule has 0 aromatic carbocycles. The third-order valence-corrected chi connectivity index (χ3v) is 3.52. The van der Waals surface area contributed by atoms with Crippen molar-refractivity contribution in [3.63, 3.8) is 0 Å². The van der Waals surface area contributed by atoms with Gasteiger partial charge in [0, 0.05) is 6.04 Å². The monoisotopic (exact) mass is 280 g/mol. The zero-order valence-corrected chi connectivity index (χ0v) is 11.4. The molecule has 0 spiro atoms. The van der Waals surface area contributed by atoms with Gasteiger partial charge in [0.05, 0.1) is 13.1 Å². The molecule has 0 atom stereocenters. The topological polar surface area (TPSA) is 41.1 Å². The number of hydrogen-bond acceptors (Lipinski definition) is 2. The lowest BCUT2D eigenvalue weighted by Gasteiger charge is -2.29. The maximum absolute atomic E-state index is 11.9. The lowest BCUT2D eigenvalue weighted by molar-refractivity contribution is -0.128. The summed E-state index contributed by atoms with van der Waals surface area (Å²) in [5.74, 6) is 0.407.